The second-order valence-corrected chi connectivity index (χ2v) is 4.95. The minimum Gasteiger partial charge on any atom is -0.463 e. The molecule has 0 amide bonds. The number of alkyl halides is 1. The van der Waals surface area contributed by atoms with E-state index in [1.54, 1.807) is 27.7 Å². The average molecular weight is 292 g/mol. The van der Waals surface area contributed by atoms with Crippen molar-refractivity contribution in [3.8, 4) is 0 Å². The third-order valence-electron chi connectivity index (χ3n) is 1.85. The van der Waals surface area contributed by atoms with Crippen LogP contribution in [0, 0.1) is 0 Å². The quantitative estimate of drug-likeness (QED) is 0.391. The van der Waals surface area contributed by atoms with Gasteiger partial charge < -0.3 is 9.47 Å². The topological polar surface area (TPSA) is 65.0 Å². The van der Waals surface area contributed by atoms with Gasteiger partial charge in [0, 0.05) is 11.6 Å². The number of aliphatic imine (C=N–C) groups is 1. The zero-order valence-corrected chi connectivity index (χ0v) is 12.7. The molecule has 6 heteroatoms. The summed E-state index contributed by atoms with van der Waals surface area (Å²) in [5.74, 6) is -0.469. The molecule has 0 saturated carbocycles. The summed E-state index contributed by atoms with van der Waals surface area (Å²) < 4.78 is 10.0. The fraction of sp³-hybridized carbons (Fsp3) is 0.769. The summed E-state index contributed by atoms with van der Waals surface area (Å²) in [5.41, 5.74) is 0.442. The van der Waals surface area contributed by atoms with Gasteiger partial charge in [-0.1, -0.05) is 0 Å². The van der Waals surface area contributed by atoms with E-state index < -0.39 is 11.9 Å². The number of hydrogen-bond donors (Lipinski definition) is 0. The average Bonchev–Trinajstić information content (AvgIpc) is 2.23. The SMILES string of the molecule is CC(C)OC(=O)CC(CC(=O)OC(C)C)=NCCCl. The van der Waals surface area contributed by atoms with Gasteiger partial charge in [-0.05, 0) is 27.7 Å². The first kappa shape index (κ1) is 17.9. The van der Waals surface area contributed by atoms with E-state index in [4.69, 9.17) is 21.1 Å². The minimum atomic E-state index is -0.402. The Morgan fingerprint density at radius 2 is 1.42 bits per heavy atom. The summed E-state index contributed by atoms with van der Waals surface area (Å²) in [4.78, 5) is 27.2. The fourth-order valence-corrected chi connectivity index (χ4v) is 1.40. The van der Waals surface area contributed by atoms with Gasteiger partial charge in [0.15, 0.2) is 0 Å². The summed E-state index contributed by atoms with van der Waals surface area (Å²) in [6.07, 6.45) is -0.404. The maximum Gasteiger partial charge on any atom is 0.311 e. The third kappa shape index (κ3) is 10.5. The molecule has 0 aliphatic rings. The number of nitrogens with zero attached hydrogens (tertiary/aromatic N) is 1. The molecule has 0 heterocycles. The van der Waals surface area contributed by atoms with Crippen molar-refractivity contribution >= 4 is 29.3 Å². The molecule has 5 nitrogen and oxygen atoms in total. The van der Waals surface area contributed by atoms with Gasteiger partial charge >= 0.3 is 11.9 Å². The van der Waals surface area contributed by atoms with E-state index in [0.29, 0.717) is 18.1 Å². The lowest BCUT2D eigenvalue weighted by molar-refractivity contribution is -0.146. The Morgan fingerprint density at radius 3 is 1.74 bits per heavy atom. The number of ether oxygens (including phenoxy) is 2. The number of carbonyl (C=O) groups is 2. The summed E-state index contributed by atoms with van der Waals surface area (Å²) in [7, 11) is 0. The zero-order valence-electron chi connectivity index (χ0n) is 11.9. The van der Waals surface area contributed by atoms with Crippen molar-refractivity contribution in [2.24, 2.45) is 4.99 Å². The molecule has 0 fully saturated rings. The highest BCUT2D eigenvalue weighted by molar-refractivity contribution is 6.18. The third-order valence-corrected chi connectivity index (χ3v) is 2.02. The Hall–Kier alpha value is -1.10. The molecule has 0 radical (unpaired) electrons. The van der Waals surface area contributed by atoms with Crippen LogP contribution in [-0.2, 0) is 19.1 Å². The van der Waals surface area contributed by atoms with Gasteiger partial charge in [0.25, 0.3) is 0 Å². The fourth-order valence-electron chi connectivity index (χ4n) is 1.32. The predicted molar refractivity (Wildman–Crippen MR) is 74.7 cm³/mol. The molecular formula is C13H22ClNO4. The first-order valence-electron chi connectivity index (χ1n) is 6.32. The van der Waals surface area contributed by atoms with Crippen molar-refractivity contribution in [2.75, 3.05) is 12.4 Å². The van der Waals surface area contributed by atoms with Gasteiger partial charge in [0.2, 0.25) is 0 Å². The van der Waals surface area contributed by atoms with E-state index in [0.717, 1.165) is 0 Å². The smallest absolute Gasteiger partial charge is 0.311 e. The molecule has 0 aromatic heterocycles. The Labute approximate surface area is 119 Å². The highest BCUT2D eigenvalue weighted by atomic mass is 35.5. The molecular weight excluding hydrogens is 270 g/mol. The highest BCUT2D eigenvalue weighted by Crippen LogP contribution is 2.03. The van der Waals surface area contributed by atoms with E-state index in [-0.39, 0.29) is 25.0 Å². The van der Waals surface area contributed by atoms with Crippen LogP contribution in [0.25, 0.3) is 0 Å². The normalized spacial score (nSPS) is 10.5. The maximum absolute atomic E-state index is 11.5. The molecule has 0 saturated heterocycles. The Kier molecular flexibility index (Phi) is 9.21. The molecule has 0 rings (SSSR count). The van der Waals surface area contributed by atoms with Crippen LogP contribution in [0.3, 0.4) is 0 Å². The summed E-state index contributed by atoms with van der Waals surface area (Å²) in [6, 6.07) is 0. The van der Waals surface area contributed by atoms with Crippen molar-refractivity contribution in [3.63, 3.8) is 0 Å². The number of halogens is 1. The van der Waals surface area contributed by atoms with Crippen molar-refractivity contribution in [1.29, 1.82) is 0 Å². The first-order chi connectivity index (χ1) is 8.85. The lowest BCUT2D eigenvalue weighted by Crippen LogP contribution is -2.20. The van der Waals surface area contributed by atoms with Gasteiger partial charge in [-0.25, -0.2) is 0 Å². The van der Waals surface area contributed by atoms with E-state index in [1.165, 1.54) is 0 Å². The van der Waals surface area contributed by atoms with Crippen molar-refractivity contribution in [1.82, 2.24) is 0 Å². The first-order valence-corrected chi connectivity index (χ1v) is 6.85. The van der Waals surface area contributed by atoms with Crippen molar-refractivity contribution in [2.45, 2.75) is 52.7 Å². The van der Waals surface area contributed by atoms with Crippen LogP contribution in [0.15, 0.2) is 4.99 Å². The van der Waals surface area contributed by atoms with Crippen LogP contribution in [0.4, 0.5) is 0 Å². The van der Waals surface area contributed by atoms with Crippen molar-refractivity contribution in [3.05, 3.63) is 0 Å². The van der Waals surface area contributed by atoms with Crippen LogP contribution >= 0.6 is 11.6 Å². The van der Waals surface area contributed by atoms with Gasteiger partial charge in [0.05, 0.1) is 31.6 Å². The van der Waals surface area contributed by atoms with Crippen LogP contribution in [-0.4, -0.2) is 42.3 Å². The van der Waals surface area contributed by atoms with Gasteiger partial charge in [-0.15, -0.1) is 11.6 Å². The van der Waals surface area contributed by atoms with Crippen LogP contribution in [0.2, 0.25) is 0 Å². The molecule has 0 aliphatic heterocycles. The molecule has 0 N–H and O–H groups in total. The zero-order chi connectivity index (χ0) is 14.8. The Balaban J connectivity index is 4.47. The van der Waals surface area contributed by atoms with Gasteiger partial charge in [0.1, 0.15) is 0 Å². The standard InChI is InChI=1S/C13H22ClNO4/c1-9(2)18-12(16)7-11(15-6-5-14)8-13(17)19-10(3)4/h9-10H,5-8H2,1-4H3. The van der Waals surface area contributed by atoms with Gasteiger partial charge in [-0.3, -0.25) is 14.6 Å². The second-order valence-electron chi connectivity index (χ2n) is 4.57. The molecule has 110 valence electrons. The largest absolute Gasteiger partial charge is 0.463 e. The summed E-state index contributed by atoms with van der Waals surface area (Å²) in [5, 5.41) is 0. The molecule has 0 aromatic carbocycles. The number of carbonyl (C=O) groups excluding carboxylic acids is 2. The molecule has 19 heavy (non-hydrogen) atoms. The predicted octanol–water partition coefficient (Wildman–Crippen LogP) is 2.35. The lowest BCUT2D eigenvalue weighted by Gasteiger charge is -2.11. The van der Waals surface area contributed by atoms with E-state index in [9.17, 15) is 9.59 Å². The molecule has 0 aliphatic carbocycles. The summed E-state index contributed by atoms with van der Waals surface area (Å²) in [6.45, 7) is 7.42. The second kappa shape index (κ2) is 9.78. The number of hydrogen-bond acceptors (Lipinski definition) is 5. The Morgan fingerprint density at radius 1 is 1.00 bits per heavy atom. The monoisotopic (exact) mass is 291 g/mol. The number of rotatable bonds is 8. The van der Waals surface area contributed by atoms with E-state index in [1.807, 2.05) is 0 Å². The lowest BCUT2D eigenvalue weighted by atomic mass is 10.2. The van der Waals surface area contributed by atoms with Gasteiger partial charge in [-0.2, -0.15) is 0 Å². The van der Waals surface area contributed by atoms with Crippen LogP contribution in [0.1, 0.15) is 40.5 Å². The van der Waals surface area contributed by atoms with Crippen LogP contribution in [0.5, 0.6) is 0 Å². The molecule has 0 aromatic rings. The van der Waals surface area contributed by atoms with Crippen molar-refractivity contribution < 1.29 is 19.1 Å². The van der Waals surface area contributed by atoms with E-state index >= 15 is 0 Å². The highest BCUT2D eigenvalue weighted by Gasteiger charge is 2.15. The summed E-state index contributed by atoms with van der Waals surface area (Å²) >= 11 is 5.55. The molecule has 0 atom stereocenters. The Bertz CT molecular complexity index is 301. The van der Waals surface area contributed by atoms with Crippen LogP contribution < -0.4 is 0 Å². The molecule has 0 unspecified atom stereocenters. The minimum absolute atomic E-state index is 0.0116. The molecule has 0 bridgehead atoms. The maximum atomic E-state index is 11.5. The van der Waals surface area contributed by atoms with E-state index in [2.05, 4.69) is 4.99 Å². The molecule has 0 spiro atoms. The number of esters is 2.